The van der Waals surface area contributed by atoms with Crippen LogP contribution in [0.2, 0.25) is 0 Å². The maximum atomic E-state index is 6.28. The van der Waals surface area contributed by atoms with Gasteiger partial charge in [0.2, 0.25) is 0 Å². The zero-order valence-corrected chi connectivity index (χ0v) is 30.4. The van der Waals surface area contributed by atoms with Crippen molar-refractivity contribution in [2.45, 2.75) is 59.5 Å². The largest absolute Gasteiger partial charge is 0.494 e. The first kappa shape index (κ1) is 35.9. The molecule has 6 nitrogen and oxygen atoms in total. The Labute approximate surface area is 303 Å². The van der Waals surface area contributed by atoms with Crippen LogP contribution in [0.3, 0.4) is 0 Å². The van der Waals surface area contributed by atoms with Gasteiger partial charge in [-0.1, -0.05) is 42.5 Å². The molecule has 0 saturated carbocycles. The zero-order valence-electron chi connectivity index (χ0n) is 30.4. The second kappa shape index (κ2) is 17.8. The Hall–Kier alpha value is -4.94. The van der Waals surface area contributed by atoms with E-state index in [4.69, 9.17) is 28.4 Å². The lowest BCUT2D eigenvalue weighted by Crippen LogP contribution is -2.05. The van der Waals surface area contributed by atoms with E-state index in [0.29, 0.717) is 33.0 Å². The molecule has 0 radical (unpaired) electrons. The molecule has 1 atom stereocenters. The Kier molecular flexibility index (Phi) is 12.5. The average Bonchev–Trinajstić information content (AvgIpc) is 3.93. The Balaban J connectivity index is 1.27. The van der Waals surface area contributed by atoms with Gasteiger partial charge in [-0.25, -0.2) is 0 Å². The summed E-state index contributed by atoms with van der Waals surface area (Å²) >= 11 is 0. The molecule has 0 aromatic heterocycles. The van der Waals surface area contributed by atoms with Crippen LogP contribution in [-0.4, -0.2) is 45.7 Å². The lowest BCUT2D eigenvalue weighted by atomic mass is 9.95. The number of ether oxygens (including phenoxy) is 6. The van der Waals surface area contributed by atoms with Gasteiger partial charge in [0.1, 0.15) is 41.5 Å². The predicted octanol–water partition coefficient (Wildman–Crippen LogP) is 9.42. The summed E-state index contributed by atoms with van der Waals surface area (Å²) in [7, 11) is 0. The first-order valence-electron chi connectivity index (χ1n) is 18.3. The van der Waals surface area contributed by atoms with Crippen molar-refractivity contribution in [2.75, 3.05) is 39.6 Å². The molecule has 5 aromatic carbocycles. The quantitative estimate of drug-likeness (QED) is 0.0807. The normalized spacial score (nSPS) is 13.5. The summed E-state index contributed by atoms with van der Waals surface area (Å²) in [6.45, 7) is 11.9. The van der Waals surface area contributed by atoms with Crippen LogP contribution in [0.15, 0.2) is 103 Å². The van der Waals surface area contributed by atoms with E-state index in [1.807, 2.05) is 39.8 Å². The van der Waals surface area contributed by atoms with Gasteiger partial charge < -0.3 is 28.4 Å². The van der Waals surface area contributed by atoms with E-state index in [9.17, 15) is 0 Å². The lowest BCUT2D eigenvalue weighted by molar-refractivity contribution is 0.262. The van der Waals surface area contributed by atoms with E-state index in [2.05, 4.69) is 91.0 Å². The molecule has 0 aliphatic carbocycles. The van der Waals surface area contributed by atoms with Gasteiger partial charge in [-0.3, -0.25) is 0 Å². The Morgan fingerprint density at radius 1 is 0.412 bits per heavy atom. The first-order chi connectivity index (χ1) is 25.0. The van der Waals surface area contributed by atoms with Gasteiger partial charge >= 0.3 is 0 Å². The molecule has 1 fully saturated rings. The third-order valence-corrected chi connectivity index (χ3v) is 8.59. The van der Waals surface area contributed by atoms with Crippen molar-refractivity contribution < 1.29 is 28.4 Å². The zero-order chi connectivity index (χ0) is 35.4. The van der Waals surface area contributed by atoms with Crippen LogP contribution in [0.1, 0.15) is 72.2 Å². The Bertz CT molecular complexity index is 1750. The van der Waals surface area contributed by atoms with Crippen molar-refractivity contribution in [3.8, 4) is 28.7 Å². The van der Waals surface area contributed by atoms with Gasteiger partial charge in [0.05, 0.1) is 33.0 Å². The van der Waals surface area contributed by atoms with E-state index in [1.54, 1.807) is 0 Å². The minimum absolute atomic E-state index is 0.176. The van der Waals surface area contributed by atoms with E-state index in [0.717, 1.165) is 61.0 Å². The minimum Gasteiger partial charge on any atom is -0.494 e. The van der Waals surface area contributed by atoms with Crippen LogP contribution < -0.4 is 23.7 Å². The SMILES string of the molecule is CCOc1cccc(Cc2cc(Cc3cc(Cc4cc(Cc5cccc(OCC)c5)cc(OCC)c4)cc(OCC4CO4)c3)cc(OCC)c2)c1. The Morgan fingerprint density at radius 3 is 1.08 bits per heavy atom. The fraction of sp³-hybridized carbons (Fsp3) is 0.333. The molecule has 0 amide bonds. The number of epoxide rings is 1. The maximum absolute atomic E-state index is 6.28. The monoisotopic (exact) mass is 686 g/mol. The van der Waals surface area contributed by atoms with E-state index in [1.165, 1.54) is 44.5 Å². The van der Waals surface area contributed by atoms with Crippen molar-refractivity contribution in [1.82, 2.24) is 0 Å². The van der Waals surface area contributed by atoms with Crippen molar-refractivity contribution >= 4 is 0 Å². The van der Waals surface area contributed by atoms with Crippen LogP contribution in [-0.2, 0) is 30.4 Å². The highest BCUT2D eigenvalue weighted by Crippen LogP contribution is 2.29. The highest BCUT2D eigenvalue weighted by molar-refractivity contribution is 5.45. The molecule has 1 aliphatic heterocycles. The smallest absolute Gasteiger partial charge is 0.120 e. The molecule has 1 aliphatic rings. The van der Waals surface area contributed by atoms with Gasteiger partial charge in [-0.05, 0) is 159 Å². The predicted molar refractivity (Wildman–Crippen MR) is 203 cm³/mol. The molecule has 266 valence electrons. The van der Waals surface area contributed by atoms with E-state index in [-0.39, 0.29) is 6.10 Å². The molecule has 1 heterocycles. The molecule has 6 heteroatoms. The molecule has 51 heavy (non-hydrogen) atoms. The molecule has 6 rings (SSSR count). The fourth-order valence-corrected chi connectivity index (χ4v) is 6.50. The van der Waals surface area contributed by atoms with Crippen molar-refractivity contribution in [3.05, 3.63) is 148 Å². The number of rotatable bonds is 19. The number of hydrogen-bond acceptors (Lipinski definition) is 6. The van der Waals surface area contributed by atoms with E-state index < -0.39 is 0 Å². The molecule has 0 bridgehead atoms. The third-order valence-electron chi connectivity index (χ3n) is 8.59. The molecule has 1 saturated heterocycles. The van der Waals surface area contributed by atoms with Crippen LogP contribution in [0.5, 0.6) is 28.7 Å². The molecule has 0 spiro atoms. The summed E-state index contributed by atoms with van der Waals surface area (Å²) in [6, 6.07) is 36.5. The summed E-state index contributed by atoms with van der Waals surface area (Å²) in [6.07, 6.45) is 3.25. The molecule has 0 N–H and O–H groups in total. The summed E-state index contributed by atoms with van der Waals surface area (Å²) in [4.78, 5) is 0. The fourth-order valence-electron chi connectivity index (χ4n) is 6.50. The Morgan fingerprint density at radius 2 is 0.725 bits per heavy atom. The standard InChI is InChI=1S/C45H50O6/c1-5-46-40-13-9-11-32(22-40)15-34-17-36(26-42(24-34)48-7-3)19-38-21-39(29-44(28-38)50-30-45-31-51-45)20-37-18-35(25-43(27-37)49-8-4)16-33-12-10-14-41(23-33)47-6-2/h9-14,17-18,21-29,45H,5-8,15-16,19-20,30-31H2,1-4H3. The second-order valence-corrected chi connectivity index (χ2v) is 13.0. The van der Waals surface area contributed by atoms with Crippen LogP contribution >= 0.6 is 0 Å². The highest BCUT2D eigenvalue weighted by Gasteiger charge is 2.23. The molecule has 5 aromatic rings. The van der Waals surface area contributed by atoms with Crippen LogP contribution in [0, 0.1) is 0 Å². The van der Waals surface area contributed by atoms with Crippen LogP contribution in [0.4, 0.5) is 0 Å². The van der Waals surface area contributed by atoms with Crippen LogP contribution in [0.25, 0.3) is 0 Å². The topological polar surface area (TPSA) is 58.7 Å². The van der Waals surface area contributed by atoms with Crippen molar-refractivity contribution in [3.63, 3.8) is 0 Å². The first-order valence-corrected chi connectivity index (χ1v) is 18.3. The van der Waals surface area contributed by atoms with Gasteiger partial charge in [0, 0.05) is 0 Å². The molecule has 1 unspecified atom stereocenters. The average molecular weight is 687 g/mol. The summed E-state index contributed by atoms with van der Waals surface area (Å²) in [5, 5.41) is 0. The second-order valence-electron chi connectivity index (χ2n) is 13.0. The van der Waals surface area contributed by atoms with Crippen molar-refractivity contribution in [2.24, 2.45) is 0 Å². The van der Waals surface area contributed by atoms with Crippen molar-refractivity contribution in [1.29, 1.82) is 0 Å². The maximum Gasteiger partial charge on any atom is 0.120 e. The van der Waals surface area contributed by atoms with E-state index >= 15 is 0 Å². The van der Waals surface area contributed by atoms with Gasteiger partial charge in [0.15, 0.2) is 0 Å². The summed E-state index contributed by atoms with van der Waals surface area (Å²) in [5.74, 6) is 4.42. The lowest BCUT2D eigenvalue weighted by Gasteiger charge is -2.15. The molecular weight excluding hydrogens is 636 g/mol. The van der Waals surface area contributed by atoms with Gasteiger partial charge in [-0.2, -0.15) is 0 Å². The van der Waals surface area contributed by atoms with Gasteiger partial charge in [-0.15, -0.1) is 0 Å². The van der Waals surface area contributed by atoms with Gasteiger partial charge in [0.25, 0.3) is 0 Å². The highest BCUT2D eigenvalue weighted by atomic mass is 16.6. The number of hydrogen-bond donors (Lipinski definition) is 0. The number of benzene rings is 5. The third kappa shape index (κ3) is 11.0. The summed E-state index contributed by atoms with van der Waals surface area (Å²) in [5.41, 5.74) is 9.58. The minimum atomic E-state index is 0.176. The summed E-state index contributed by atoms with van der Waals surface area (Å²) < 4.78 is 35.3. The molecular formula is C45H50O6.